The molecule has 0 aliphatic rings. The zero-order chi connectivity index (χ0) is 9.90. The first-order valence-corrected chi connectivity index (χ1v) is 4.79. The maximum atomic E-state index is 6.08. The highest BCUT2D eigenvalue weighted by atomic mass is 14.6. The third-order valence-corrected chi connectivity index (χ3v) is 2.06. The van der Waals surface area contributed by atoms with Gasteiger partial charge in [-0.3, -0.25) is 0 Å². The molecule has 1 aromatic rings. The van der Waals surface area contributed by atoms with E-state index in [-0.39, 0.29) is 6.04 Å². The van der Waals surface area contributed by atoms with Gasteiger partial charge in [-0.2, -0.15) is 0 Å². The van der Waals surface area contributed by atoms with E-state index in [1.807, 2.05) is 18.2 Å². The third kappa shape index (κ3) is 3.60. The Hall–Kier alpha value is -0.820. The summed E-state index contributed by atoms with van der Waals surface area (Å²) in [7, 11) is 0. The molecule has 1 aromatic carbocycles. The summed E-state index contributed by atoms with van der Waals surface area (Å²) in [4.78, 5) is 0. The first-order chi connectivity index (χ1) is 5.99. The van der Waals surface area contributed by atoms with E-state index in [1.165, 1.54) is 5.56 Å². The molecule has 0 aliphatic heterocycles. The van der Waals surface area contributed by atoms with Gasteiger partial charge in [-0.25, -0.2) is 0 Å². The molecule has 2 N–H and O–H groups in total. The van der Waals surface area contributed by atoms with Crippen LogP contribution in [0.2, 0.25) is 0 Å². The van der Waals surface area contributed by atoms with Crippen LogP contribution in [0.1, 0.15) is 38.8 Å². The van der Waals surface area contributed by atoms with E-state index in [9.17, 15) is 0 Å². The predicted octanol–water partition coefficient (Wildman–Crippen LogP) is 3.12. The van der Waals surface area contributed by atoms with Crippen LogP contribution in [0, 0.1) is 5.41 Å². The lowest BCUT2D eigenvalue weighted by Gasteiger charge is -2.23. The van der Waals surface area contributed by atoms with Crippen molar-refractivity contribution in [2.24, 2.45) is 11.1 Å². The molecule has 1 heteroatoms. The minimum atomic E-state index is 0.168. The molecule has 72 valence electrons. The number of benzene rings is 1. The van der Waals surface area contributed by atoms with E-state index in [1.54, 1.807) is 0 Å². The summed E-state index contributed by atoms with van der Waals surface area (Å²) in [6.07, 6.45) is 1.02. The molecule has 0 aromatic heterocycles. The monoisotopic (exact) mass is 177 g/mol. The minimum Gasteiger partial charge on any atom is -0.324 e. The number of rotatable bonds is 2. The quantitative estimate of drug-likeness (QED) is 0.738. The van der Waals surface area contributed by atoms with Crippen molar-refractivity contribution in [1.29, 1.82) is 0 Å². The molecule has 13 heavy (non-hydrogen) atoms. The third-order valence-electron chi connectivity index (χ3n) is 2.06. The van der Waals surface area contributed by atoms with Crippen LogP contribution in [0.4, 0.5) is 0 Å². The highest BCUT2D eigenvalue weighted by molar-refractivity contribution is 5.18. The average Bonchev–Trinajstić information content (AvgIpc) is 2.03. The molecule has 0 saturated carbocycles. The Balaban J connectivity index is 2.64. The average molecular weight is 177 g/mol. The summed E-state index contributed by atoms with van der Waals surface area (Å²) in [5.74, 6) is 0. The number of hydrogen-bond donors (Lipinski definition) is 1. The van der Waals surface area contributed by atoms with E-state index < -0.39 is 0 Å². The largest absolute Gasteiger partial charge is 0.324 e. The lowest BCUT2D eigenvalue weighted by atomic mass is 9.86. The zero-order valence-corrected chi connectivity index (χ0v) is 8.75. The molecule has 0 saturated heterocycles. The highest BCUT2D eigenvalue weighted by Crippen LogP contribution is 2.27. The smallest absolute Gasteiger partial charge is 0.0299 e. The van der Waals surface area contributed by atoms with Crippen LogP contribution < -0.4 is 5.73 Å². The molecule has 0 fully saturated rings. The Kier molecular flexibility index (Phi) is 3.10. The summed E-state index contributed by atoms with van der Waals surface area (Å²) < 4.78 is 0. The van der Waals surface area contributed by atoms with Gasteiger partial charge in [0, 0.05) is 6.04 Å². The minimum absolute atomic E-state index is 0.168. The lowest BCUT2D eigenvalue weighted by Crippen LogP contribution is -2.18. The molecule has 0 spiro atoms. The van der Waals surface area contributed by atoms with Crippen molar-refractivity contribution in [3.05, 3.63) is 35.9 Å². The summed E-state index contributed by atoms with van der Waals surface area (Å²) in [6, 6.07) is 10.5. The Morgan fingerprint density at radius 1 is 1.15 bits per heavy atom. The van der Waals surface area contributed by atoms with Gasteiger partial charge in [-0.1, -0.05) is 51.1 Å². The van der Waals surface area contributed by atoms with E-state index >= 15 is 0 Å². The summed E-state index contributed by atoms with van der Waals surface area (Å²) >= 11 is 0. The zero-order valence-electron chi connectivity index (χ0n) is 8.75. The van der Waals surface area contributed by atoms with Crippen LogP contribution in [0.5, 0.6) is 0 Å². The van der Waals surface area contributed by atoms with Crippen molar-refractivity contribution in [1.82, 2.24) is 0 Å². The van der Waals surface area contributed by atoms with E-state index in [2.05, 4.69) is 32.9 Å². The maximum absolute atomic E-state index is 6.08. The Bertz CT molecular complexity index is 246. The fraction of sp³-hybridized carbons (Fsp3) is 0.500. The molecule has 1 atom stereocenters. The molecule has 1 rings (SSSR count). The second-order valence-electron chi connectivity index (χ2n) is 4.78. The van der Waals surface area contributed by atoms with E-state index in [0.717, 1.165) is 6.42 Å². The van der Waals surface area contributed by atoms with E-state index in [0.29, 0.717) is 5.41 Å². The van der Waals surface area contributed by atoms with Crippen molar-refractivity contribution in [2.75, 3.05) is 0 Å². The summed E-state index contributed by atoms with van der Waals surface area (Å²) in [6.45, 7) is 6.65. The fourth-order valence-electron chi connectivity index (χ4n) is 1.48. The van der Waals surface area contributed by atoms with E-state index in [4.69, 9.17) is 5.73 Å². The molecule has 0 radical (unpaired) electrons. The molecular formula is C12H19N. The van der Waals surface area contributed by atoms with Gasteiger partial charge in [0.2, 0.25) is 0 Å². The van der Waals surface area contributed by atoms with Gasteiger partial charge in [-0.05, 0) is 17.4 Å². The molecule has 0 aliphatic carbocycles. The van der Waals surface area contributed by atoms with Gasteiger partial charge in [0.15, 0.2) is 0 Å². The molecule has 0 heterocycles. The molecular weight excluding hydrogens is 158 g/mol. The van der Waals surface area contributed by atoms with Crippen LogP contribution in [0.15, 0.2) is 30.3 Å². The van der Waals surface area contributed by atoms with Crippen LogP contribution in [-0.2, 0) is 0 Å². The molecule has 0 amide bonds. The predicted molar refractivity (Wildman–Crippen MR) is 57.4 cm³/mol. The first kappa shape index (κ1) is 10.3. The normalized spacial score (nSPS) is 14.2. The van der Waals surface area contributed by atoms with Crippen LogP contribution in [0.3, 0.4) is 0 Å². The van der Waals surface area contributed by atoms with Gasteiger partial charge < -0.3 is 5.73 Å². The highest BCUT2D eigenvalue weighted by Gasteiger charge is 2.16. The maximum Gasteiger partial charge on any atom is 0.0299 e. The molecule has 0 bridgehead atoms. The Morgan fingerprint density at radius 2 is 1.69 bits per heavy atom. The fourth-order valence-corrected chi connectivity index (χ4v) is 1.48. The van der Waals surface area contributed by atoms with Crippen LogP contribution in [0.25, 0.3) is 0 Å². The summed E-state index contributed by atoms with van der Waals surface area (Å²) in [5, 5.41) is 0. The SMILES string of the molecule is CC(C)(C)C[C@@H](N)c1ccccc1. The molecule has 0 unspecified atom stereocenters. The number of nitrogens with two attached hydrogens (primary N) is 1. The Labute approximate surface area is 81.0 Å². The second kappa shape index (κ2) is 3.93. The first-order valence-electron chi connectivity index (χ1n) is 4.79. The van der Waals surface area contributed by atoms with Crippen molar-refractivity contribution >= 4 is 0 Å². The van der Waals surface area contributed by atoms with Gasteiger partial charge >= 0.3 is 0 Å². The van der Waals surface area contributed by atoms with Crippen molar-refractivity contribution in [3.8, 4) is 0 Å². The van der Waals surface area contributed by atoms with Crippen LogP contribution in [-0.4, -0.2) is 0 Å². The van der Waals surface area contributed by atoms with Crippen LogP contribution >= 0.6 is 0 Å². The van der Waals surface area contributed by atoms with Crippen molar-refractivity contribution < 1.29 is 0 Å². The topological polar surface area (TPSA) is 26.0 Å². The molecule has 1 nitrogen and oxygen atoms in total. The summed E-state index contributed by atoms with van der Waals surface area (Å²) in [5.41, 5.74) is 7.62. The van der Waals surface area contributed by atoms with Gasteiger partial charge in [0.25, 0.3) is 0 Å². The Morgan fingerprint density at radius 3 is 2.15 bits per heavy atom. The number of hydrogen-bond acceptors (Lipinski definition) is 1. The van der Waals surface area contributed by atoms with Crippen molar-refractivity contribution in [2.45, 2.75) is 33.2 Å². The van der Waals surface area contributed by atoms with Gasteiger partial charge in [0.1, 0.15) is 0 Å². The second-order valence-corrected chi connectivity index (χ2v) is 4.78. The standard InChI is InChI=1S/C12H19N/c1-12(2,3)9-11(13)10-7-5-4-6-8-10/h4-8,11H,9,13H2,1-3H3/t11-/m1/s1. The van der Waals surface area contributed by atoms with Gasteiger partial charge in [-0.15, -0.1) is 0 Å². The van der Waals surface area contributed by atoms with Crippen molar-refractivity contribution in [3.63, 3.8) is 0 Å². The lowest BCUT2D eigenvalue weighted by molar-refractivity contribution is 0.343. The van der Waals surface area contributed by atoms with Gasteiger partial charge in [0.05, 0.1) is 0 Å².